The molecule has 0 spiro atoms. The lowest BCUT2D eigenvalue weighted by Gasteiger charge is -2.20. The van der Waals surface area contributed by atoms with Crippen molar-refractivity contribution in [1.29, 1.82) is 0 Å². The standard InChI is InChI=1S/C14H31O4P/c1-12(2)7-9-16-19(15,18-11-14(5)6)17-10-8-13(3)4/h12-14H,7-11H2,1-6H3. The highest BCUT2D eigenvalue weighted by Gasteiger charge is 2.27. The largest absolute Gasteiger partial charge is 0.474 e. The predicted octanol–water partition coefficient (Wildman–Crippen LogP) is 4.89. The fourth-order valence-electron chi connectivity index (χ4n) is 1.15. The Bertz CT molecular complexity index is 246. The fourth-order valence-corrected chi connectivity index (χ4v) is 2.51. The van der Waals surface area contributed by atoms with Crippen LogP contribution in [-0.4, -0.2) is 19.8 Å². The summed E-state index contributed by atoms with van der Waals surface area (Å²) in [6, 6.07) is 0. The van der Waals surface area contributed by atoms with Crippen molar-refractivity contribution in [1.82, 2.24) is 0 Å². The first-order valence-electron chi connectivity index (χ1n) is 7.29. The second-order valence-corrected chi connectivity index (χ2v) is 7.84. The third-order valence-corrected chi connectivity index (χ3v) is 3.92. The summed E-state index contributed by atoms with van der Waals surface area (Å²) in [6.07, 6.45) is 1.70. The third-order valence-electron chi connectivity index (χ3n) is 2.46. The lowest BCUT2D eigenvalue weighted by molar-refractivity contribution is 0.0974. The van der Waals surface area contributed by atoms with E-state index in [1.165, 1.54) is 0 Å². The normalized spacial score (nSPS) is 12.9. The van der Waals surface area contributed by atoms with Gasteiger partial charge in [0.15, 0.2) is 0 Å². The van der Waals surface area contributed by atoms with E-state index >= 15 is 0 Å². The van der Waals surface area contributed by atoms with Crippen LogP contribution in [0.1, 0.15) is 54.4 Å². The van der Waals surface area contributed by atoms with Crippen LogP contribution in [-0.2, 0) is 18.1 Å². The molecule has 0 aromatic rings. The molecule has 0 saturated heterocycles. The van der Waals surface area contributed by atoms with Gasteiger partial charge in [-0.2, -0.15) is 0 Å². The zero-order chi connectivity index (χ0) is 14.9. The van der Waals surface area contributed by atoms with Gasteiger partial charge in [0.2, 0.25) is 0 Å². The minimum absolute atomic E-state index is 0.302. The third kappa shape index (κ3) is 11.6. The van der Waals surface area contributed by atoms with E-state index in [-0.39, 0.29) is 0 Å². The van der Waals surface area contributed by atoms with Crippen LogP contribution in [0.3, 0.4) is 0 Å². The maximum atomic E-state index is 12.4. The highest BCUT2D eigenvalue weighted by atomic mass is 31.2. The van der Waals surface area contributed by atoms with Crippen molar-refractivity contribution in [2.24, 2.45) is 17.8 Å². The summed E-state index contributed by atoms with van der Waals surface area (Å²) >= 11 is 0. The Morgan fingerprint density at radius 2 is 1.16 bits per heavy atom. The van der Waals surface area contributed by atoms with Gasteiger partial charge in [0.05, 0.1) is 19.8 Å². The summed E-state index contributed by atoms with van der Waals surface area (Å²) < 4.78 is 28.5. The molecular weight excluding hydrogens is 263 g/mol. The zero-order valence-corrected chi connectivity index (χ0v) is 14.2. The molecule has 0 atom stereocenters. The van der Waals surface area contributed by atoms with Crippen molar-refractivity contribution in [3.8, 4) is 0 Å². The maximum absolute atomic E-state index is 12.4. The van der Waals surface area contributed by atoms with Gasteiger partial charge in [-0.3, -0.25) is 13.6 Å². The van der Waals surface area contributed by atoms with Crippen molar-refractivity contribution in [3.05, 3.63) is 0 Å². The molecule has 0 aromatic heterocycles. The molecule has 0 aromatic carbocycles. The molecule has 0 aliphatic carbocycles. The van der Waals surface area contributed by atoms with Gasteiger partial charge >= 0.3 is 7.82 Å². The highest BCUT2D eigenvalue weighted by Crippen LogP contribution is 2.50. The predicted molar refractivity (Wildman–Crippen MR) is 79.2 cm³/mol. The second-order valence-electron chi connectivity index (χ2n) is 6.17. The SMILES string of the molecule is CC(C)CCOP(=O)(OCCC(C)C)OCC(C)C. The van der Waals surface area contributed by atoms with E-state index in [9.17, 15) is 4.57 Å². The first-order valence-corrected chi connectivity index (χ1v) is 8.75. The van der Waals surface area contributed by atoms with Gasteiger partial charge in [-0.25, -0.2) is 4.57 Å². The first kappa shape index (κ1) is 19.1. The van der Waals surface area contributed by atoms with E-state index in [0.29, 0.717) is 37.6 Å². The summed E-state index contributed by atoms with van der Waals surface area (Å²) in [5, 5.41) is 0. The van der Waals surface area contributed by atoms with Gasteiger partial charge in [-0.05, 0) is 30.6 Å². The molecular formula is C14H31O4P. The molecule has 0 unspecified atom stereocenters. The van der Waals surface area contributed by atoms with E-state index in [4.69, 9.17) is 13.6 Å². The molecule has 0 rings (SSSR count). The first-order chi connectivity index (χ1) is 8.75. The highest BCUT2D eigenvalue weighted by molar-refractivity contribution is 7.48. The Balaban J connectivity index is 4.23. The van der Waals surface area contributed by atoms with Crippen molar-refractivity contribution >= 4 is 7.82 Å². The lowest BCUT2D eigenvalue weighted by Crippen LogP contribution is -2.08. The molecule has 19 heavy (non-hydrogen) atoms. The molecule has 0 saturated carbocycles. The molecule has 0 fully saturated rings. The number of phosphoric ester groups is 1. The smallest absolute Gasteiger partial charge is 0.287 e. The fraction of sp³-hybridized carbons (Fsp3) is 1.00. The van der Waals surface area contributed by atoms with Gasteiger partial charge < -0.3 is 0 Å². The van der Waals surface area contributed by atoms with Crippen LogP contribution in [0.4, 0.5) is 0 Å². The molecule has 5 heteroatoms. The minimum Gasteiger partial charge on any atom is -0.287 e. The minimum atomic E-state index is -3.39. The number of phosphoric acid groups is 1. The van der Waals surface area contributed by atoms with Crippen molar-refractivity contribution < 1.29 is 18.1 Å². The Morgan fingerprint density at radius 3 is 1.47 bits per heavy atom. The second kappa shape index (κ2) is 9.93. The molecule has 0 bridgehead atoms. The average Bonchev–Trinajstić information content (AvgIpc) is 2.25. The topological polar surface area (TPSA) is 44.8 Å². The summed E-state index contributed by atoms with van der Waals surface area (Å²) in [6.45, 7) is 13.6. The summed E-state index contributed by atoms with van der Waals surface area (Å²) in [7, 11) is -3.39. The maximum Gasteiger partial charge on any atom is 0.474 e. The molecule has 0 N–H and O–H groups in total. The molecule has 4 nitrogen and oxygen atoms in total. The van der Waals surface area contributed by atoms with Gasteiger partial charge in [0.1, 0.15) is 0 Å². The molecule has 116 valence electrons. The van der Waals surface area contributed by atoms with E-state index < -0.39 is 7.82 Å². The van der Waals surface area contributed by atoms with Crippen LogP contribution in [0.25, 0.3) is 0 Å². The van der Waals surface area contributed by atoms with Gasteiger partial charge in [-0.1, -0.05) is 41.5 Å². The lowest BCUT2D eigenvalue weighted by atomic mass is 10.2. The average molecular weight is 294 g/mol. The van der Waals surface area contributed by atoms with Crippen LogP contribution in [0.15, 0.2) is 0 Å². The monoisotopic (exact) mass is 294 g/mol. The van der Waals surface area contributed by atoms with Gasteiger partial charge in [0, 0.05) is 0 Å². The zero-order valence-electron chi connectivity index (χ0n) is 13.3. The molecule has 0 aliphatic rings. The van der Waals surface area contributed by atoms with Crippen LogP contribution >= 0.6 is 7.82 Å². The molecule has 0 radical (unpaired) electrons. The summed E-state index contributed by atoms with van der Waals surface area (Å²) in [4.78, 5) is 0. The van der Waals surface area contributed by atoms with E-state index in [1.807, 2.05) is 13.8 Å². The van der Waals surface area contributed by atoms with E-state index in [2.05, 4.69) is 27.7 Å². The van der Waals surface area contributed by atoms with Crippen LogP contribution in [0.5, 0.6) is 0 Å². The number of hydrogen-bond donors (Lipinski definition) is 0. The molecule has 0 aliphatic heterocycles. The van der Waals surface area contributed by atoms with Crippen LogP contribution in [0.2, 0.25) is 0 Å². The summed E-state index contributed by atoms with van der Waals surface area (Å²) in [5.74, 6) is 1.32. The molecule has 0 amide bonds. The Hall–Kier alpha value is 0.110. The Labute approximate surface area is 118 Å². The van der Waals surface area contributed by atoms with Crippen LogP contribution < -0.4 is 0 Å². The molecule has 0 heterocycles. The summed E-state index contributed by atoms with van der Waals surface area (Å²) in [5.41, 5.74) is 0. The Kier molecular flexibility index (Phi) is 9.98. The Morgan fingerprint density at radius 1 is 0.737 bits per heavy atom. The van der Waals surface area contributed by atoms with Crippen molar-refractivity contribution in [2.75, 3.05) is 19.8 Å². The van der Waals surface area contributed by atoms with Gasteiger partial charge in [-0.15, -0.1) is 0 Å². The van der Waals surface area contributed by atoms with E-state index in [1.54, 1.807) is 0 Å². The van der Waals surface area contributed by atoms with E-state index in [0.717, 1.165) is 12.8 Å². The van der Waals surface area contributed by atoms with Crippen molar-refractivity contribution in [2.45, 2.75) is 54.4 Å². The number of hydrogen-bond acceptors (Lipinski definition) is 4. The van der Waals surface area contributed by atoms with Crippen molar-refractivity contribution in [3.63, 3.8) is 0 Å². The van der Waals surface area contributed by atoms with Gasteiger partial charge in [0.25, 0.3) is 0 Å². The van der Waals surface area contributed by atoms with Crippen LogP contribution in [0, 0.1) is 17.8 Å². The quantitative estimate of drug-likeness (QED) is 0.509. The number of rotatable bonds is 11.